The molecule has 3 rings (SSSR count). The molecule has 3 amide bonds. The van der Waals surface area contributed by atoms with E-state index < -0.39 is 6.04 Å². The number of carbonyl (C=O) groups excluding carboxylic acids is 2. The highest BCUT2D eigenvalue weighted by atomic mass is 35.5. The van der Waals surface area contributed by atoms with Crippen molar-refractivity contribution < 1.29 is 14.1 Å². The van der Waals surface area contributed by atoms with E-state index in [-0.39, 0.29) is 18.5 Å². The minimum atomic E-state index is -0.477. The number of likely N-dealkylation sites (N-methyl/N-ethyl adjacent to an activating group) is 1. The minimum absolute atomic E-state index is 0.0515. The van der Waals surface area contributed by atoms with Gasteiger partial charge in [0.1, 0.15) is 12.6 Å². The predicted molar refractivity (Wildman–Crippen MR) is 95.5 cm³/mol. The first kappa shape index (κ1) is 18.2. The molecule has 1 aliphatic heterocycles. The van der Waals surface area contributed by atoms with Crippen LogP contribution in [0.4, 0.5) is 4.79 Å². The number of hydrogen-bond acceptors (Lipinski definition) is 5. The van der Waals surface area contributed by atoms with Gasteiger partial charge in [0.15, 0.2) is 0 Å². The summed E-state index contributed by atoms with van der Waals surface area (Å²) in [5.74, 6) is 0.663. The van der Waals surface area contributed by atoms with Crippen molar-refractivity contribution in [2.24, 2.45) is 0 Å². The molecule has 1 aliphatic rings. The standard InChI is InChI=1S/C17H20ClN5O3/c1-3-22-8-9-23(10-14(22)24)17(25)19-11(2)16-20-15(21-26-16)12-4-6-13(18)7-5-12/h4-7,11H,3,8-10H2,1-2H3,(H,19,25)/t11-/m0/s1. The highest BCUT2D eigenvalue weighted by Gasteiger charge is 2.27. The molecule has 0 saturated carbocycles. The van der Waals surface area contributed by atoms with Gasteiger partial charge in [0.05, 0.1) is 0 Å². The van der Waals surface area contributed by atoms with E-state index in [9.17, 15) is 9.59 Å². The molecule has 9 heteroatoms. The first-order valence-corrected chi connectivity index (χ1v) is 8.78. The summed E-state index contributed by atoms with van der Waals surface area (Å²) in [5, 5.41) is 7.35. The Morgan fingerprint density at radius 1 is 1.35 bits per heavy atom. The van der Waals surface area contributed by atoms with Gasteiger partial charge < -0.3 is 19.6 Å². The number of nitrogens with one attached hydrogen (secondary N) is 1. The van der Waals surface area contributed by atoms with Crippen molar-refractivity contribution in [3.63, 3.8) is 0 Å². The van der Waals surface area contributed by atoms with E-state index in [1.54, 1.807) is 36.1 Å². The van der Waals surface area contributed by atoms with Gasteiger partial charge in [-0.2, -0.15) is 4.98 Å². The number of nitrogens with zero attached hydrogens (tertiary/aromatic N) is 4. The molecule has 0 aliphatic carbocycles. The van der Waals surface area contributed by atoms with Gasteiger partial charge >= 0.3 is 6.03 Å². The zero-order valence-electron chi connectivity index (χ0n) is 14.6. The molecule has 1 atom stereocenters. The van der Waals surface area contributed by atoms with Crippen LogP contribution in [-0.2, 0) is 4.79 Å². The maximum atomic E-state index is 12.4. The fraction of sp³-hybridized carbons (Fsp3) is 0.412. The van der Waals surface area contributed by atoms with E-state index >= 15 is 0 Å². The molecule has 2 aromatic rings. The minimum Gasteiger partial charge on any atom is -0.340 e. The van der Waals surface area contributed by atoms with Crippen molar-refractivity contribution in [2.75, 3.05) is 26.2 Å². The van der Waals surface area contributed by atoms with Crippen LogP contribution in [0.1, 0.15) is 25.8 Å². The fourth-order valence-electron chi connectivity index (χ4n) is 2.68. The van der Waals surface area contributed by atoms with Gasteiger partial charge in [0, 0.05) is 30.2 Å². The van der Waals surface area contributed by atoms with Gasteiger partial charge in [-0.05, 0) is 38.1 Å². The summed E-state index contributed by atoms with van der Waals surface area (Å²) in [6, 6.07) is 6.26. The zero-order valence-corrected chi connectivity index (χ0v) is 15.4. The van der Waals surface area contributed by atoms with Gasteiger partial charge in [0.2, 0.25) is 17.6 Å². The predicted octanol–water partition coefficient (Wildman–Crippen LogP) is 2.32. The first-order valence-electron chi connectivity index (χ1n) is 8.40. The monoisotopic (exact) mass is 377 g/mol. The molecule has 26 heavy (non-hydrogen) atoms. The molecule has 0 bridgehead atoms. The molecule has 0 unspecified atom stereocenters. The Morgan fingerprint density at radius 2 is 2.08 bits per heavy atom. The Hall–Kier alpha value is -2.61. The number of piperazine rings is 1. The molecule has 0 spiro atoms. The van der Waals surface area contributed by atoms with Gasteiger partial charge in [-0.3, -0.25) is 4.79 Å². The summed E-state index contributed by atoms with van der Waals surface area (Å²) >= 11 is 5.87. The number of benzene rings is 1. The second kappa shape index (κ2) is 7.74. The number of aromatic nitrogens is 2. The van der Waals surface area contributed by atoms with Crippen molar-refractivity contribution in [2.45, 2.75) is 19.9 Å². The van der Waals surface area contributed by atoms with Crippen molar-refractivity contribution in [1.29, 1.82) is 0 Å². The Labute approximate surface area is 156 Å². The summed E-state index contributed by atoms with van der Waals surface area (Å²) in [6.45, 7) is 5.44. The van der Waals surface area contributed by atoms with E-state index in [1.807, 2.05) is 6.92 Å². The van der Waals surface area contributed by atoms with Crippen LogP contribution in [0.3, 0.4) is 0 Å². The highest BCUT2D eigenvalue weighted by molar-refractivity contribution is 6.30. The van der Waals surface area contributed by atoms with Crippen LogP contribution in [0, 0.1) is 0 Å². The number of halogens is 1. The van der Waals surface area contributed by atoms with E-state index in [0.717, 1.165) is 5.56 Å². The van der Waals surface area contributed by atoms with E-state index in [2.05, 4.69) is 15.5 Å². The summed E-state index contributed by atoms with van der Waals surface area (Å²) in [7, 11) is 0. The molecule has 1 saturated heterocycles. The molecule has 1 fully saturated rings. The number of carbonyl (C=O) groups is 2. The number of urea groups is 1. The van der Waals surface area contributed by atoms with E-state index in [1.165, 1.54) is 4.90 Å². The quantitative estimate of drug-likeness (QED) is 0.882. The van der Waals surface area contributed by atoms with Gasteiger partial charge in [-0.15, -0.1) is 0 Å². The summed E-state index contributed by atoms with van der Waals surface area (Å²) < 4.78 is 5.25. The maximum Gasteiger partial charge on any atom is 0.318 e. The van der Waals surface area contributed by atoms with Gasteiger partial charge in [-0.1, -0.05) is 16.8 Å². The lowest BCUT2D eigenvalue weighted by Gasteiger charge is -2.34. The molecule has 1 N–H and O–H groups in total. The molecular formula is C17H20ClN5O3. The fourth-order valence-corrected chi connectivity index (χ4v) is 2.81. The van der Waals surface area contributed by atoms with Crippen molar-refractivity contribution in [3.8, 4) is 11.4 Å². The first-order chi connectivity index (χ1) is 12.5. The molecule has 0 radical (unpaired) electrons. The van der Waals surface area contributed by atoms with Crippen LogP contribution in [0.25, 0.3) is 11.4 Å². The third-order valence-electron chi connectivity index (χ3n) is 4.24. The second-order valence-corrected chi connectivity index (χ2v) is 6.47. The third kappa shape index (κ3) is 3.96. The van der Waals surface area contributed by atoms with Crippen molar-refractivity contribution in [1.82, 2.24) is 25.3 Å². The molecule has 8 nitrogen and oxygen atoms in total. The number of rotatable bonds is 4. The molecule has 1 aromatic heterocycles. The lowest BCUT2D eigenvalue weighted by molar-refractivity contribution is -0.134. The summed E-state index contributed by atoms with van der Waals surface area (Å²) in [5.41, 5.74) is 0.768. The van der Waals surface area contributed by atoms with Crippen LogP contribution < -0.4 is 5.32 Å². The highest BCUT2D eigenvalue weighted by Crippen LogP contribution is 2.20. The van der Waals surface area contributed by atoms with Crippen molar-refractivity contribution >= 4 is 23.5 Å². The molecule has 1 aromatic carbocycles. The van der Waals surface area contributed by atoms with Gasteiger partial charge in [-0.25, -0.2) is 4.79 Å². The van der Waals surface area contributed by atoms with Crippen LogP contribution in [0.5, 0.6) is 0 Å². The maximum absolute atomic E-state index is 12.4. The summed E-state index contributed by atoms with van der Waals surface area (Å²) in [6.07, 6.45) is 0. The average molecular weight is 378 g/mol. The van der Waals surface area contributed by atoms with Crippen molar-refractivity contribution in [3.05, 3.63) is 35.2 Å². The van der Waals surface area contributed by atoms with Crippen LogP contribution in [0.2, 0.25) is 5.02 Å². The lowest BCUT2D eigenvalue weighted by atomic mass is 10.2. The summed E-state index contributed by atoms with van der Waals surface area (Å²) in [4.78, 5) is 31.8. The van der Waals surface area contributed by atoms with Gasteiger partial charge in [0.25, 0.3) is 0 Å². The Morgan fingerprint density at radius 3 is 2.73 bits per heavy atom. The third-order valence-corrected chi connectivity index (χ3v) is 4.49. The smallest absolute Gasteiger partial charge is 0.318 e. The Balaban J connectivity index is 1.61. The van der Waals surface area contributed by atoms with E-state index in [0.29, 0.717) is 36.4 Å². The molecule has 138 valence electrons. The average Bonchev–Trinajstić information content (AvgIpc) is 3.12. The number of amides is 3. The molecule has 2 heterocycles. The van der Waals surface area contributed by atoms with Crippen LogP contribution in [0.15, 0.2) is 28.8 Å². The van der Waals surface area contributed by atoms with Crippen LogP contribution in [-0.4, -0.2) is 58.1 Å². The topological polar surface area (TPSA) is 91.6 Å². The van der Waals surface area contributed by atoms with Crippen LogP contribution >= 0.6 is 11.6 Å². The Kier molecular flexibility index (Phi) is 5.41. The second-order valence-electron chi connectivity index (χ2n) is 6.03. The number of hydrogen-bond donors (Lipinski definition) is 1. The molecular weight excluding hydrogens is 358 g/mol. The normalized spacial score (nSPS) is 15.9. The lowest BCUT2D eigenvalue weighted by Crippen LogP contribution is -2.54. The van der Waals surface area contributed by atoms with E-state index in [4.69, 9.17) is 16.1 Å². The zero-order chi connectivity index (χ0) is 18.7. The Bertz CT molecular complexity index is 792. The largest absolute Gasteiger partial charge is 0.340 e. The SMILES string of the molecule is CCN1CCN(C(=O)N[C@@H](C)c2nc(-c3ccc(Cl)cc3)no2)CC1=O.